The molecule has 1 rings (SSSR count). The van der Waals surface area contributed by atoms with Crippen LogP contribution in [-0.4, -0.2) is 24.8 Å². The summed E-state index contributed by atoms with van der Waals surface area (Å²) in [6, 6.07) is 0. The maximum atomic E-state index is 11.7. The quantitative estimate of drug-likeness (QED) is 0.555. The molecule has 0 heterocycles. The van der Waals surface area contributed by atoms with Gasteiger partial charge in [0.2, 0.25) is 0 Å². The van der Waals surface area contributed by atoms with E-state index in [1.54, 1.807) is 0 Å². The van der Waals surface area contributed by atoms with Crippen molar-refractivity contribution in [3.8, 4) is 0 Å². The third-order valence-corrected chi connectivity index (χ3v) is 2.34. The van der Waals surface area contributed by atoms with Crippen molar-refractivity contribution in [3.63, 3.8) is 0 Å². The summed E-state index contributed by atoms with van der Waals surface area (Å²) in [5.41, 5.74) is 0.854. The second-order valence-corrected chi connectivity index (χ2v) is 4.33. The molecule has 0 aromatic rings. The summed E-state index contributed by atoms with van der Waals surface area (Å²) in [6.45, 7) is 4.04. The van der Waals surface area contributed by atoms with Crippen LogP contribution in [0.4, 0.5) is 0 Å². The van der Waals surface area contributed by atoms with Gasteiger partial charge in [-0.3, -0.25) is 4.79 Å². The first-order valence-corrected chi connectivity index (χ1v) is 4.35. The van der Waals surface area contributed by atoms with Crippen LogP contribution in [-0.2, 0) is 4.79 Å². The number of nitrogens with zero attached hydrogens (tertiary/aromatic N) is 1. The molecule has 1 saturated carbocycles. The first-order chi connectivity index (χ1) is 5.43. The lowest BCUT2D eigenvalue weighted by molar-refractivity contribution is -0.121. The average molecular weight is 167 g/mol. The molecule has 0 amide bonds. The molecule has 1 fully saturated rings. The Balaban J connectivity index is 2.81. The van der Waals surface area contributed by atoms with Crippen LogP contribution in [0.2, 0.25) is 0 Å². The van der Waals surface area contributed by atoms with Gasteiger partial charge in [-0.05, 0) is 12.8 Å². The number of carbonyl (C=O) groups is 1. The first-order valence-electron chi connectivity index (χ1n) is 4.35. The highest BCUT2D eigenvalue weighted by molar-refractivity contribution is 6.01. The van der Waals surface area contributed by atoms with Gasteiger partial charge in [0.05, 0.1) is 0 Å². The summed E-state index contributed by atoms with van der Waals surface area (Å²) in [4.78, 5) is 13.6. The van der Waals surface area contributed by atoms with Crippen LogP contribution in [0.15, 0.2) is 11.8 Å². The van der Waals surface area contributed by atoms with E-state index >= 15 is 0 Å². The number of hydrogen-bond donors (Lipinski definition) is 0. The van der Waals surface area contributed by atoms with Gasteiger partial charge in [-0.2, -0.15) is 0 Å². The van der Waals surface area contributed by atoms with E-state index in [9.17, 15) is 4.79 Å². The Morgan fingerprint density at radius 2 is 2.00 bits per heavy atom. The smallest absolute Gasteiger partial charge is 0.165 e. The topological polar surface area (TPSA) is 20.3 Å². The van der Waals surface area contributed by atoms with E-state index in [2.05, 4.69) is 0 Å². The summed E-state index contributed by atoms with van der Waals surface area (Å²) in [6.07, 6.45) is 3.87. The molecule has 0 aromatic heterocycles. The highest BCUT2D eigenvalue weighted by Gasteiger charge is 2.36. The molecule has 68 valence electrons. The minimum absolute atomic E-state index is 0.123. The zero-order chi connectivity index (χ0) is 9.35. The number of ketones is 1. The second-order valence-electron chi connectivity index (χ2n) is 4.33. The standard InChI is InChI=1S/C10H17NO/c1-10(2)6-5-8(9(10)12)7-11(3)4/h7H,5-6H2,1-4H3/b8-7-. The molecule has 2 nitrogen and oxygen atoms in total. The highest BCUT2D eigenvalue weighted by Crippen LogP contribution is 2.36. The van der Waals surface area contributed by atoms with Gasteiger partial charge in [-0.15, -0.1) is 0 Å². The Morgan fingerprint density at radius 3 is 2.33 bits per heavy atom. The van der Waals surface area contributed by atoms with Crippen LogP contribution in [0.1, 0.15) is 26.7 Å². The van der Waals surface area contributed by atoms with Crippen molar-refractivity contribution in [1.82, 2.24) is 4.90 Å². The molecule has 0 spiro atoms. The third-order valence-electron chi connectivity index (χ3n) is 2.34. The van der Waals surface area contributed by atoms with E-state index in [0.717, 1.165) is 18.4 Å². The molecule has 0 saturated heterocycles. The molecule has 2 heteroatoms. The van der Waals surface area contributed by atoms with Crippen molar-refractivity contribution in [1.29, 1.82) is 0 Å². The number of allylic oxidation sites excluding steroid dienone is 1. The minimum Gasteiger partial charge on any atom is -0.383 e. The Morgan fingerprint density at radius 1 is 1.42 bits per heavy atom. The van der Waals surface area contributed by atoms with Crippen LogP contribution in [0.5, 0.6) is 0 Å². The molecular formula is C10H17NO. The molecule has 0 aromatic carbocycles. The van der Waals surface area contributed by atoms with Gasteiger partial charge in [-0.1, -0.05) is 13.8 Å². The number of Topliss-reactive ketones (excluding diaryl/α,β-unsaturated/α-hetero) is 1. The van der Waals surface area contributed by atoms with E-state index < -0.39 is 0 Å². The summed E-state index contributed by atoms with van der Waals surface area (Å²) < 4.78 is 0. The highest BCUT2D eigenvalue weighted by atomic mass is 16.1. The molecule has 0 radical (unpaired) electrons. The van der Waals surface area contributed by atoms with Gasteiger partial charge >= 0.3 is 0 Å². The number of carbonyl (C=O) groups excluding carboxylic acids is 1. The molecular weight excluding hydrogens is 150 g/mol. The summed E-state index contributed by atoms with van der Waals surface area (Å²) in [5, 5.41) is 0. The Bertz CT molecular complexity index is 226. The molecule has 0 N–H and O–H groups in total. The van der Waals surface area contributed by atoms with E-state index in [1.807, 2.05) is 39.0 Å². The SMILES string of the molecule is CN(C)/C=C1/CCC(C)(C)C1=O. The number of hydrogen-bond acceptors (Lipinski definition) is 2. The Hall–Kier alpha value is -0.790. The summed E-state index contributed by atoms with van der Waals surface area (Å²) in [5.74, 6) is 0.316. The molecule has 1 aliphatic rings. The van der Waals surface area contributed by atoms with Crippen molar-refractivity contribution in [2.24, 2.45) is 5.41 Å². The maximum Gasteiger partial charge on any atom is 0.165 e. The van der Waals surface area contributed by atoms with Crippen molar-refractivity contribution < 1.29 is 4.79 Å². The zero-order valence-electron chi connectivity index (χ0n) is 8.35. The average Bonchev–Trinajstić information content (AvgIpc) is 2.15. The van der Waals surface area contributed by atoms with Gasteiger partial charge < -0.3 is 4.90 Å². The van der Waals surface area contributed by atoms with Crippen LogP contribution < -0.4 is 0 Å². The van der Waals surface area contributed by atoms with Crippen molar-refractivity contribution in [2.45, 2.75) is 26.7 Å². The molecule has 0 aliphatic heterocycles. The Labute approximate surface area is 74.2 Å². The lowest BCUT2D eigenvalue weighted by atomic mass is 9.90. The summed E-state index contributed by atoms with van der Waals surface area (Å²) >= 11 is 0. The first kappa shape index (κ1) is 9.30. The van der Waals surface area contributed by atoms with Crippen LogP contribution in [0.3, 0.4) is 0 Å². The molecule has 12 heavy (non-hydrogen) atoms. The van der Waals surface area contributed by atoms with E-state index in [1.165, 1.54) is 0 Å². The van der Waals surface area contributed by atoms with E-state index in [0.29, 0.717) is 5.78 Å². The molecule has 1 aliphatic carbocycles. The second kappa shape index (κ2) is 2.92. The number of rotatable bonds is 1. The molecule has 0 unspecified atom stereocenters. The largest absolute Gasteiger partial charge is 0.383 e. The van der Waals surface area contributed by atoms with Gasteiger partial charge in [0, 0.05) is 31.3 Å². The predicted molar refractivity (Wildman–Crippen MR) is 49.8 cm³/mol. The normalized spacial score (nSPS) is 25.0. The fourth-order valence-electron chi connectivity index (χ4n) is 1.54. The van der Waals surface area contributed by atoms with Gasteiger partial charge in [0.25, 0.3) is 0 Å². The van der Waals surface area contributed by atoms with Crippen molar-refractivity contribution in [3.05, 3.63) is 11.8 Å². The van der Waals surface area contributed by atoms with Gasteiger partial charge in [0.15, 0.2) is 5.78 Å². The van der Waals surface area contributed by atoms with Crippen LogP contribution >= 0.6 is 0 Å². The minimum atomic E-state index is -0.123. The van der Waals surface area contributed by atoms with E-state index in [-0.39, 0.29) is 5.41 Å². The predicted octanol–water partition coefficient (Wildman–Crippen LogP) is 1.82. The molecule has 0 atom stereocenters. The van der Waals surface area contributed by atoms with Crippen LogP contribution in [0.25, 0.3) is 0 Å². The Kier molecular flexibility index (Phi) is 2.27. The maximum absolute atomic E-state index is 11.7. The fraction of sp³-hybridized carbons (Fsp3) is 0.700. The monoisotopic (exact) mass is 167 g/mol. The van der Waals surface area contributed by atoms with Gasteiger partial charge in [0.1, 0.15) is 0 Å². The van der Waals surface area contributed by atoms with Crippen molar-refractivity contribution in [2.75, 3.05) is 14.1 Å². The lowest BCUT2D eigenvalue weighted by Gasteiger charge is -2.13. The van der Waals surface area contributed by atoms with Crippen molar-refractivity contribution >= 4 is 5.78 Å². The zero-order valence-corrected chi connectivity index (χ0v) is 8.35. The van der Waals surface area contributed by atoms with Gasteiger partial charge in [-0.25, -0.2) is 0 Å². The lowest BCUT2D eigenvalue weighted by Crippen LogP contribution is -2.18. The fourth-order valence-corrected chi connectivity index (χ4v) is 1.54. The molecule has 0 bridgehead atoms. The summed E-state index contributed by atoms with van der Waals surface area (Å²) in [7, 11) is 3.90. The van der Waals surface area contributed by atoms with Crippen LogP contribution in [0, 0.1) is 5.41 Å². The third kappa shape index (κ3) is 1.68. The van der Waals surface area contributed by atoms with E-state index in [4.69, 9.17) is 0 Å².